The van der Waals surface area contributed by atoms with Gasteiger partial charge in [-0.15, -0.1) is 0 Å². The summed E-state index contributed by atoms with van der Waals surface area (Å²) in [5, 5.41) is 2.80. The fourth-order valence-electron chi connectivity index (χ4n) is 4.01. The highest BCUT2D eigenvalue weighted by Crippen LogP contribution is 2.24. The van der Waals surface area contributed by atoms with Crippen molar-refractivity contribution in [2.24, 2.45) is 0 Å². The molecule has 10 heteroatoms. The monoisotopic (exact) mass is 468 g/mol. The lowest BCUT2D eigenvalue weighted by Crippen LogP contribution is -2.30. The van der Waals surface area contributed by atoms with Crippen LogP contribution in [0.5, 0.6) is 0 Å². The van der Waals surface area contributed by atoms with Gasteiger partial charge in [-0.25, -0.2) is 18.4 Å². The normalized spacial score (nSPS) is 12.1. The Kier molecular flexibility index (Phi) is 6.48. The van der Waals surface area contributed by atoms with Crippen molar-refractivity contribution in [1.29, 1.82) is 0 Å². The van der Waals surface area contributed by atoms with Gasteiger partial charge in [0.05, 0.1) is 27.0 Å². The van der Waals surface area contributed by atoms with E-state index in [0.29, 0.717) is 37.5 Å². The van der Waals surface area contributed by atoms with Crippen molar-refractivity contribution < 1.29 is 13.2 Å². The van der Waals surface area contributed by atoms with Gasteiger partial charge in [0.25, 0.3) is 0 Å². The summed E-state index contributed by atoms with van der Waals surface area (Å²) in [5.41, 5.74) is 3.11. The molecule has 0 aliphatic heterocycles. The zero-order valence-corrected chi connectivity index (χ0v) is 19.8. The van der Waals surface area contributed by atoms with E-state index in [2.05, 4.69) is 20.3 Å². The van der Waals surface area contributed by atoms with E-state index >= 15 is 0 Å². The molecule has 0 radical (unpaired) electrons. The predicted octanol–water partition coefficient (Wildman–Crippen LogP) is 3.53. The number of nitrogens with one attached hydrogen (secondary N) is 2. The van der Waals surface area contributed by atoms with Crippen molar-refractivity contribution in [2.45, 2.75) is 45.1 Å². The van der Waals surface area contributed by atoms with Crippen LogP contribution in [0.3, 0.4) is 0 Å². The average molecular weight is 469 g/mol. The molecule has 4 aromatic rings. The fraction of sp³-hybridized carbons (Fsp3) is 0.348. The van der Waals surface area contributed by atoms with Gasteiger partial charge in [-0.05, 0) is 37.3 Å². The van der Waals surface area contributed by atoms with Gasteiger partial charge in [0.15, 0.2) is 0 Å². The number of aromatic nitrogens is 4. The molecule has 0 fully saturated rings. The SMILES string of the molecule is CCN(CC)S(=O)(=O)c1ccc2c(c1)nc(CCC(=O)Nc1nc3ccccc3[nH]1)n2CC. The number of sulfonamides is 1. The van der Waals surface area contributed by atoms with Crippen LogP contribution in [0.1, 0.15) is 33.0 Å². The number of benzene rings is 2. The van der Waals surface area contributed by atoms with E-state index in [1.165, 1.54) is 4.31 Å². The van der Waals surface area contributed by atoms with Crippen molar-refractivity contribution in [1.82, 2.24) is 23.8 Å². The van der Waals surface area contributed by atoms with Crippen LogP contribution in [0.4, 0.5) is 5.95 Å². The zero-order chi connectivity index (χ0) is 23.6. The number of carbonyl (C=O) groups is 1. The number of imidazole rings is 2. The molecule has 33 heavy (non-hydrogen) atoms. The Morgan fingerprint density at radius 2 is 1.82 bits per heavy atom. The summed E-state index contributed by atoms with van der Waals surface area (Å²) in [6, 6.07) is 12.6. The highest BCUT2D eigenvalue weighted by Gasteiger charge is 2.23. The second-order valence-corrected chi connectivity index (χ2v) is 9.60. The topological polar surface area (TPSA) is 113 Å². The van der Waals surface area contributed by atoms with Crippen molar-refractivity contribution >= 4 is 43.9 Å². The molecule has 2 heterocycles. The number of hydrogen-bond donors (Lipinski definition) is 2. The highest BCUT2D eigenvalue weighted by atomic mass is 32.2. The van der Waals surface area contributed by atoms with Crippen LogP contribution in [-0.4, -0.2) is 51.2 Å². The second-order valence-electron chi connectivity index (χ2n) is 7.66. The molecule has 174 valence electrons. The zero-order valence-electron chi connectivity index (χ0n) is 19.0. The third-order valence-electron chi connectivity index (χ3n) is 5.68. The highest BCUT2D eigenvalue weighted by molar-refractivity contribution is 7.89. The summed E-state index contributed by atoms with van der Waals surface area (Å²) >= 11 is 0. The number of aromatic amines is 1. The van der Waals surface area contributed by atoms with Crippen molar-refractivity contribution in [3.05, 3.63) is 48.3 Å². The Morgan fingerprint density at radius 1 is 1.06 bits per heavy atom. The second kappa shape index (κ2) is 9.32. The van der Waals surface area contributed by atoms with E-state index in [9.17, 15) is 13.2 Å². The summed E-state index contributed by atoms with van der Waals surface area (Å²) in [6.07, 6.45) is 0.650. The summed E-state index contributed by atoms with van der Waals surface area (Å²) in [7, 11) is -3.56. The van der Waals surface area contributed by atoms with Gasteiger partial charge < -0.3 is 9.55 Å². The van der Waals surface area contributed by atoms with E-state index in [1.54, 1.807) is 18.2 Å². The molecule has 0 spiro atoms. The number of anilines is 1. The molecule has 0 aliphatic carbocycles. The number of amides is 1. The summed E-state index contributed by atoms with van der Waals surface area (Å²) in [6.45, 7) is 7.12. The fourth-order valence-corrected chi connectivity index (χ4v) is 5.49. The van der Waals surface area contributed by atoms with Gasteiger partial charge in [-0.2, -0.15) is 4.31 Å². The van der Waals surface area contributed by atoms with Gasteiger partial charge in [-0.3, -0.25) is 10.1 Å². The number of nitrogens with zero attached hydrogens (tertiary/aromatic N) is 4. The molecular weight excluding hydrogens is 440 g/mol. The average Bonchev–Trinajstić information content (AvgIpc) is 3.37. The van der Waals surface area contributed by atoms with Crippen molar-refractivity contribution in [2.75, 3.05) is 18.4 Å². The minimum Gasteiger partial charge on any atom is -0.328 e. The van der Waals surface area contributed by atoms with E-state index in [4.69, 9.17) is 0 Å². The number of rotatable bonds is 9. The van der Waals surface area contributed by atoms with Crippen LogP contribution >= 0.6 is 0 Å². The largest absolute Gasteiger partial charge is 0.328 e. The van der Waals surface area contributed by atoms with E-state index < -0.39 is 10.0 Å². The maximum Gasteiger partial charge on any atom is 0.243 e. The lowest BCUT2D eigenvalue weighted by atomic mass is 10.3. The van der Waals surface area contributed by atoms with Crippen LogP contribution in [0, 0.1) is 0 Å². The Bertz CT molecular complexity index is 1370. The van der Waals surface area contributed by atoms with Gasteiger partial charge in [0.1, 0.15) is 5.82 Å². The van der Waals surface area contributed by atoms with Crippen LogP contribution < -0.4 is 5.32 Å². The number of hydrogen-bond acceptors (Lipinski definition) is 5. The van der Waals surface area contributed by atoms with Crippen molar-refractivity contribution in [3.8, 4) is 0 Å². The van der Waals surface area contributed by atoms with E-state index in [-0.39, 0.29) is 17.2 Å². The van der Waals surface area contributed by atoms with E-state index in [0.717, 1.165) is 22.4 Å². The first-order valence-electron chi connectivity index (χ1n) is 11.1. The molecule has 0 unspecified atom stereocenters. The van der Waals surface area contributed by atoms with Gasteiger partial charge in [-0.1, -0.05) is 26.0 Å². The Labute approximate surface area is 192 Å². The smallest absolute Gasteiger partial charge is 0.243 e. The number of fused-ring (bicyclic) bond motifs is 2. The molecule has 0 bridgehead atoms. The van der Waals surface area contributed by atoms with Gasteiger partial charge in [0.2, 0.25) is 21.9 Å². The maximum absolute atomic E-state index is 12.9. The molecule has 0 saturated heterocycles. The van der Waals surface area contributed by atoms with Gasteiger partial charge >= 0.3 is 0 Å². The van der Waals surface area contributed by atoms with Crippen LogP contribution in [0.2, 0.25) is 0 Å². The molecule has 2 aromatic heterocycles. The molecule has 0 aliphatic rings. The summed E-state index contributed by atoms with van der Waals surface area (Å²) in [5.74, 6) is 0.981. The Hall–Kier alpha value is -3.24. The first-order chi connectivity index (χ1) is 15.9. The third kappa shape index (κ3) is 4.49. The molecule has 9 nitrogen and oxygen atoms in total. The quantitative estimate of drug-likeness (QED) is 0.390. The molecule has 1 amide bonds. The van der Waals surface area contributed by atoms with E-state index in [1.807, 2.05) is 49.6 Å². The summed E-state index contributed by atoms with van der Waals surface area (Å²) in [4.78, 5) is 24.9. The first kappa shape index (κ1) is 22.9. The van der Waals surface area contributed by atoms with Crippen LogP contribution in [0.15, 0.2) is 47.4 Å². The number of H-pyrrole nitrogens is 1. The molecule has 4 rings (SSSR count). The molecule has 0 atom stereocenters. The lowest BCUT2D eigenvalue weighted by Gasteiger charge is -2.18. The molecular formula is C23H28N6O3S. The summed E-state index contributed by atoms with van der Waals surface area (Å²) < 4.78 is 29.2. The first-order valence-corrected chi connectivity index (χ1v) is 12.5. The van der Waals surface area contributed by atoms with Gasteiger partial charge in [0, 0.05) is 32.5 Å². The van der Waals surface area contributed by atoms with Crippen LogP contribution in [0.25, 0.3) is 22.1 Å². The Morgan fingerprint density at radius 3 is 2.52 bits per heavy atom. The Balaban J connectivity index is 1.52. The maximum atomic E-state index is 12.9. The third-order valence-corrected chi connectivity index (χ3v) is 7.73. The van der Waals surface area contributed by atoms with Crippen molar-refractivity contribution in [3.63, 3.8) is 0 Å². The lowest BCUT2D eigenvalue weighted by molar-refractivity contribution is -0.116. The molecule has 2 aromatic carbocycles. The predicted molar refractivity (Wildman–Crippen MR) is 129 cm³/mol. The minimum atomic E-state index is -3.56. The number of carbonyl (C=O) groups excluding carboxylic acids is 1. The minimum absolute atomic E-state index is 0.173. The molecule has 0 saturated carbocycles. The van der Waals surface area contributed by atoms with Crippen LogP contribution in [-0.2, 0) is 27.8 Å². The standard InChI is InChI=1S/C23H28N6O3S/c1-4-28(5-2)33(31,32)16-11-12-20-19(15-16)24-21(29(20)6-3)13-14-22(30)27-23-25-17-9-7-8-10-18(17)26-23/h7-12,15H,4-6,13-14H2,1-3H3,(H2,25,26,27,30). The molecule has 2 N–H and O–H groups in total. The number of aryl methyl sites for hydroxylation is 2. The number of para-hydroxylation sites is 2.